The number of nitrogens with zero attached hydrogens (tertiary/aromatic N) is 2. The highest BCUT2D eigenvalue weighted by atomic mass is 35.5. The second-order valence-corrected chi connectivity index (χ2v) is 7.85. The van der Waals surface area contributed by atoms with Gasteiger partial charge in [-0.15, -0.1) is 0 Å². The van der Waals surface area contributed by atoms with Gasteiger partial charge in [0.2, 0.25) is 5.91 Å². The molecule has 4 nitrogen and oxygen atoms in total. The highest BCUT2D eigenvalue weighted by Crippen LogP contribution is 2.23. The molecule has 2 fully saturated rings. The maximum atomic E-state index is 13.2. The summed E-state index contributed by atoms with van der Waals surface area (Å²) < 4.78 is 13.2. The van der Waals surface area contributed by atoms with Crippen molar-refractivity contribution in [1.82, 2.24) is 9.80 Å². The number of halogens is 2. The van der Waals surface area contributed by atoms with Gasteiger partial charge in [-0.1, -0.05) is 24.4 Å². The Morgan fingerprint density at radius 3 is 2.35 bits per heavy atom. The van der Waals surface area contributed by atoms with Gasteiger partial charge in [-0.05, 0) is 56.1 Å². The standard InChI is InChI=1S/C19H25ClFN3OS/c20-16-13-15(5-6-17(16)21)22-19(26)24-11-7-14(8-12-24)18(25)23-9-3-1-2-4-10-23/h5-6,13-14H,1-4,7-12H2,(H,22,26). The van der Waals surface area contributed by atoms with Crippen molar-refractivity contribution in [2.24, 2.45) is 5.92 Å². The zero-order chi connectivity index (χ0) is 18.5. The van der Waals surface area contributed by atoms with Gasteiger partial charge in [-0.25, -0.2) is 4.39 Å². The van der Waals surface area contributed by atoms with Gasteiger partial charge in [-0.3, -0.25) is 4.79 Å². The molecule has 2 heterocycles. The molecule has 2 aliphatic rings. The van der Waals surface area contributed by atoms with Crippen LogP contribution in [0.4, 0.5) is 10.1 Å². The fourth-order valence-corrected chi connectivity index (χ4v) is 4.14. The first-order valence-electron chi connectivity index (χ1n) is 9.34. The van der Waals surface area contributed by atoms with Crippen LogP contribution in [0.15, 0.2) is 18.2 Å². The van der Waals surface area contributed by atoms with E-state index in [0.29, 0.717) is 16.7 Å². The normalized spacial score (nSPS) is 19.2. The van der Waals surface area contributed by atoms with E-state index in [4.69, 9.17) is 23.8 Å². The number of anilines is 1. The summed E-state index contributed by atoms with van der Waals surface area (Å²) in [5.41, 5.74) is 0.671. The maximum absolute atomic E-state index is 13.2. The molecule has 0 atom stereocenters. The third-order valence-electron chi connectivity index (χ3n) is 5.22. The SMILES string of the molecule is O=C(C1CCN(C(=S)Nc2ccc(F)c(Cl)c2)CC1)N1CCCCCC1. The lowest BCUT2D eigenvalue weighted by atomic mass is 9.95. The van der Waals surface area contributed by atoms with Crippen LogP contribution in [0.5, 0.6) is 0 Å². The van der Waals surface area contributed by atoms with Crippen molar-refractivity contribution in [2.45, 2.75) is 38.5 Å². The van der Waals surface area contributed by atoms with Crippen LogP contribution in [0, 0.1) is 11.7 Å². The smallest absolute Gasteiger partial charge is 0.225 e. The molecule has 0 aromatic heterocycles. The molecule has 1 aromatic rings. The van der Waals surface area contributed by atoms with Gasteiger partial charge in [0.1, 0.15) is 5.82 Å². The molecule has 1 amide bonds. The molecule has 0 unspecified atom stereocenters. The van der Waals surface area contributed by atoms with E-state index in [-0.39, 0.29) is 10.9 Å². The zero-order valence-corrected chi connectivity index (χ0v) is 16.4. The minimum absolute atomic E-state index is 0.0690. The molecule has 0 saturated carbocycles. The minimum Gasteiger partial charge on any atom is -0.349 e. The van der Waals surface area contributed by atoms with Crippen LogP contribution in [0.2, 0.25) is 5.02 Å². The van der Waals surface area contributed by atoms with Crippen molar-refractivity contribution >= 4 is 40.5 Å². The highest BCUT2D eigenvalue weighted by Gasteiger charge is 2.29. The Labute approximate surface area is 164 Å². The molecule has 26 heavy (non-hydrogen) atoms. The van der Waals surface area contributed by atoms with E-state index in [2.05, 4.69) is 15.1 Å². The largest absolute Gasteiger partial charge is 0.349 e. The number of benzene rings is 1. The lowest BCUT2D eigenvalue weighted by Crippen LogP contribution is -2.45. The van der Waals surface area contributed by atoms with Crippen LogP contribution >= 0.6 is 23.8 Å². The number of nitrogens with one attached hydrogen (secondary N) is 1. The number of thiocarbonyl (C=S) groups is 1. The zero-order valence-electron chi connectivity index (χ0n) is 14.8. The lowest BCUT2D eigenvalue weighted by Gasteiger charge is -2.35. The van der Waals surface area contributed by atoms with Crippen LogP contribution in [-0.4, -0.2) is 47.0 Å². The molecular formula is C19H25ClFN3OS. The number of carbonyl (C=O) groups is 1. The average Bonchev–Trinajstić information content (AvgIpc) is 2.94. The summed E-state index contributed by atoms with van der Waals surface area (Å²) >= 11 is 11.3. The van der Waals surface area contributed by atoms with Crippen LogP contribution in [0.3, 0.4) is 0 Å². The molecular weight excluding hydrogens is 373 g/mol. The Morgan fingerprint density at radius 2 is 1.73 bits per heavy atom. The molecule has 0 aliphatic carbocycles. The van der Waals surface area contributed by atoms with Crippen molar-refractivity contribution in [3.05, 3.63) is 29.0 Å². The Morgan fingerprint density at radius 1 is 1.08 bits per heavy atom. The van der Waals surface area contributed by atoms with Crippen LogP contribution in [0.1, 0.15) is 38.5 Å². The Kier molecular flexibility index (Phi) is 6.70. The fraction of sp³-hybridized carbons (Fsp3) is 0.579. The Balaban J connectivity index is 1.50. The second-order valence-electron chi connectivity index (χ2n) is 7.06. The average molecular weight is 398 g/mol. The van der Waals surface area contributed by atoms with Crippen molar-refractivity contribution in [1.29, 1.82) is 0 Å². The first kappa shape index (κ1) is 19.4. The number of amides is 1. The fourth-order valence-electron chi connectivity index (χ4n) is 3.66. The number of rotatable bonds is 2. The van der Waals surface area contributed by atoms with Gasteiger partial charge < -0.3 is 15.1 Å². The lowest BCUT2D eigenvalue weighted by molar-refractivity contribution is -0.136. The molecule has 2 aliphatic heterocycles. The summed E-state index contributed by atoms with van der Waals surface area (Å²) in [5, 5.41) is 3.77. The first-order valence-corrected chi connectivity index (χ1v) is 10.1. The summed E-state index contributed by atoms with van der Waals surface area (Å²) in [6.07, 6.45) is 6.35. The highest BCUT2D eigenvalue weighted by molar-refractivity contribution is 7.80. The summed E-state index contributed by atoms with van der Waals surface area (Å²) in [6.45, 7) is 3.32. The molecule has 142 valence electrons. The molecule has 0 bridgehead atoms. The summed E-state index contributed by atoms with van der Waals surface area (Å²) in [4.78, 5) is 16.9. The number of carbonyl (C=O) groups excluding carboxylic acids is 1. The van der Waals surface area contributed by atoms with Crippen LogP contribution in [-0.2, 0) is 4.79 Å². The predicted molar refractivity (Wildman–Crippen MR) is 107 cm³/mol. The molecule has 2 saturated heterocycles. The summed E-state index contributed by atoms with van der Waals surface area (Å²) in [5.74, 6) is -0.0286. The van der Waals surface area contributed by atoms with E-state index >= 15 is 0 Å². The molecule has 1 N–H and O–H groups in total. The van der Waals surface area contributed by atoms with Crippen molar-refractivity contribution in [3.8, 4) is 0 Å². The third-order valence-corrected chi connectivity index (χ3v) is 5.87. The van der Waals surface area contributed by atoms with Crippen molar-refractivity contribution in [3.63, 3.8) is 0 Å². The van der Waals surface area contributed by atoms with E-state index < -0.39 is 5.82 Å². The van der Waals surface area contributed by atoms with Crippen molar-refractivity contribution in [2.75, 3.05) is 31.5 Å². The van der Waals surface area contributed by atoms with E-state index in [1.54, 1.807) is 6.07 Å². The molecule has 3 rings (SSSR count). The van der Waals surface area contributed by atoms with Gasteiger partial charge in [0.05, 0.1) is 5.02 Å². The predicted octanol–water partition coefficient (Wildman–Crippen LogP) is 4.29. The first-order chi connectivity index (χ1) is 12.5. The molecule has 0 radical (unpaired) electrons. The van der Waals surface area contributed by atoms with E-state index in [9.17, 15) is 9.18 Å². The van der Waals surface area contributed by atoms with E-state index in [0.717, 1.165) is 51.9 Å². The number of hydrogen-bond acceptors (Lipinski definition) is 2. The minimum atomic E-state index is -0.448. The van der Waals surface area contributed by atoms with Gasteiger partial charge in [0.25, 0.3) is 0 Å². The monoisotopic (exact) mass is 397 g/mol. The number of piperidine rings is 1. The number of likely N-dealkylation sites (tertiary alicyclic amines) is 2. The maximum Gasteiger partial charge on any atom is 0.225 e. The van der Waals surface area contributed by atoms with Crippen LogP contribution < -0.4 is 5.32 Å². The van der Waals surface area contributed by atoms with Crippen molar-refractivity contribution < 1.29 is 9.18 Å². The molecule has 0 spiro atoms. The third kappa shape index (κ3) is 4.86. The molecule has 1 aromatic carbocycles. The van der Waals surface area contributed by atoms with Gasteiger partial charge in [-0.2, -0.15) is 0 Å². The second kappa shape index (κ2) is 9.00. The van der Waals surface area contributed by atoms with E-state index in [1.165, 1.54) is 25.0 Å². The summed E-state index contributed by atoms with van der Waals surface area (Å²) in [6, 6.07) is 4.46. The van der Waals surface area contributed by atoms with Gasteiger partial charge >= 0.3 is 0 Å². The van der Waals surface area contributed by atoms with Gasteiger partial charge in [0, 0.05) is 37.8 Å². The quantitative estimate of drug-likeness (QED) is 0.755. The van der Waals surface area contributed by atoms with Crippen LogP contribution in [0.25, 0.3) is 0 Å². The topological polar surface area (TPSA) is 35.6 Å². The Hall–Kier alpha value is -1.40. The molecule has 7 heteroatoms. The number of hydrogen-bond donors (Lipinski definition) is 1. The summed E-state index contributed by atoms with van der Waals surface area (Å²) in [7, 11) is 0. The van der Waals surface area contributed by atoms with Gasteiger partial charge in [0.15, 0.2) is 5.11 Å². The Bertz CT molecular complexity index is 656. The van der Waals surface area contributed by atoms with E-state index in [1.807, 2.05) is 0 Å².